The third-order valence-corrected chi connectivity index (χ3v) is 3.70. The van der Waals surface area contributed by atoms with Gasteiger partial charge in [0.25, 0.3) is 11.6 Å². The number of nitrogens with zero attached hydrogens (tertiary/aromatic N) is 1. The highest BCUT2D eigenvalue weighted by Gasteiger charge is 2.18. The van der Waals surface area contributed by atoms with E-state index in [0.717, 1.165) is 0 Å². The first-order chi connectivity index (χ1) is 8.32. The quantitative estimate of drug-likeness (QED) is 0.509. The van der Waals surface area contributed by atoms with Gasteiger partial charge in [-0.05, 0) is 41.5 Å². The average molecular weight is 362 g/mol. The molecule has 1 rings (SSSR count). The molecule has 98 valence electrons. The van der Waals surface area contributed by atoms with Crippen LogP contribution in [0.4, 0.5) is 5.69 Å². The minimum atomic E-state index is -0.501. The number of carbonyl (C=O) groups excluding carboxylic acids is 1. The highest BCUT2D eigenvalue weighted by molar-refractivity contribution is 14.1. The molecule has 6 heteroatoms. The van der Waals surface area contributed by atoms with Gasteiger partial charge in [0.05, 0.1) is 10.5 Å². The Morgan fingerprint density at radius 2 is 2.00 bits per heavy atom. The van der Waals surface area contributed by atoms with E-state index >= 15 is 0 Å². The number of hydrogen-bond donors (Lipinski definition) is 1. The smallest absolute Gasteiger partial charge is 0.270 e. The summed E-state index contributed by atoms with van der Waals surface area (Å²) >= 11 is 2.00. The van der Waals surface area contributed by atoms with E-state index < -0.39 is 4.92 Å². The Morgan fingerprint density at radius 1 is 1.39 bits per heavy atom. The van der Waals surface area contributed by atoms with E-state index in [4.69, 9.17) is 0 Å². The fraction of sp³-hybridized carbons (Fsp3) is 0.417. The van der Waals surface area contributed by atoms with E-state index in [1.54, 1.807) is 6.07 Å². The van der Waals surface area contributed by atoms with Crippen molar-refractivity contribution < 1.29 is 9.72 Å². The lowest BCUT2D eigenvalue weighted by molar-refractivity contribution is -0.384. The number of rotatable bonds is 4. The zero-order valence-corrected chi connectivity index (χ0v) is 12.6. The van der Waals surface area contributed by atoms with Gasteiger partial charge >= 0.3 is 0 Å². The summed E-state index contributed by atoms with van der Waals surface area (Å²) in [6, 6.07) is 4.30. The van der Waals surface area contributed by atoms with E-state index in [-0.39, 0.29) is 17.6 Å². The molecule has 0 aliphatic rings. The van der Waals surface area contributed by atoms with Crippen LogP contribution < -0.4 is 5.32 Å². The van der Waals surface area contributed by atoms with Crippen LogP contribution in [0.25, 0.3) is 0 Å². The van der Waals surface area contributed by atoms with Gasteiger partial charge in [0.15, 0.2) is 0 Å². The topological polar surface area (TPSA) is 72.2 Å². The summed E-state index contributed by atoms with van der Waals surface area (Å²) in [5.41, 5.74) is 0.273. The van der Waals surface area contributed by atoms with Crippen molar-refractivity contribution in [3.05, 3.63) is 37.4 Å². The number of halogens is 1. The molecule has 1 N–H and O–H groups in total. The largest absolute Gasteiger partial charge is 0.349 e. The highest BCUT2D eigenvalue weighted by atomic mass is 127. The monoisotopic (exact) mass is 362 g/mol. The third kappa shape index (κ3) is 3.66. The molecule has 0 heterocycles. The minimum Gasteiger partial charge on any atom is -0.349 e. The number of carbonyl (C=O) groups is 1. The molecular formula is C12H15IN2O3. The molecule has 0 aromatic heterocycles. The molecule has 1 aromatic carbocycles. The molecule has 0 aliphatic carbocycles. The molecule has 0 saturated heterocycles. The maximum absolute atomic E-state index is 12.0. The lowest BCUT2D eigenvalue weighted by atomic mass is 10.1. The van der Waals surface area contributed by atoms with E-state index in [0.29, 0.717) is 15.1 Å². The molecule has 1 unspecified atom stereocenters. The zero-order valence-electron chi connectivity index (χ0n) is 10.4. The molecule has 0 aliphatic heterocycles. The maximum atomic E-state index is 12.0. The number of nitro benzene ring substituents is 1. The average Bonchev–Trinajstić information content (AvgIpc) is 2.28. The zero-order chi connectivity index (χ0) is 13.9. The Morgan fingerprint density at radius 3 is 2.50 bits per heavy atom. The SMILES string of the molecule is CC(C)C(C)NC(=O)c1cc([N+](=O)[O-])ccc1I. The van der Waals surface area contributed by atoms with Gasteiger partial charge in [-0.3, -0.25) is 14.9 Å². The summed E-state index contributed by atoms with van der Waals surface area (Å²) in [5, 5.41) is 13.5. The molecule has 0 radical (unpaired) electrons. The molecule has 0 bridgehead atoms. The highest BCUT2D eigenvalue weighted by Crippen LogP contribution is 2.19. The van der Waals surface area contributed by atoms with Crippen molar-refractivity contribution in [1.29, 1.82) is 0 Å². The summed E-state index contributed by atoms with van der Waals surface area (Å²) < 4.78 is 0.701. The van der Waals surface area contributed by atoms with Crippen LogP contribution in [-0.4, -0.2) is 16.9 Å². The lowest BCUT2D eigenvalue weighted by Crippen LogP contribution is -2.36. The number of nitro groups is 1. The summed E-state index contributed by atoms with van der Waals surface area (Å²) in [7, 11) is 0. The minimum absolute atomic E-state index is 0.0209. The maximum Gasteiger partial charge on any atom is 0.270 e. The first-order valence-electron chi connectivity index (χ1n) is 5.57. The molecule has 1 aromatic rings. The van der Waals surface area contributed by atoms with Crippen molar-refractivity contribution in [3.8, 4) is 0 Å². The van der Waals surface area contributed by atoms with E-state index in [1.165, 1.54) is 12.1 Å². The van der Waals surface area contributed by atoms with Gasteiger partial charge in [0, 0.05) is 21.7 Å². The fourth-order valence-electron chi connectivity index (χ4n) is 1.25. The summed E-state index contributed by atoms with van der Waals surface area (Å²) in [5.74, 6) is 0.0367. The molecule has 0 saturated carbocycles. The van der Waals surface area contributed by atoms with Crippen molar-refractivity contribution >= 4 is 34.2 Å². The number of benzene rings is 1. The Bertz CT molecular complexity index is 474. The molecule has 0 fully saturated rings. The molecular weight excluding hydrogens is 347 g/mol. The van der Waals surface area contributed by atoms with E-state index in [1.807, 2.05) is 43.4 Å². The summed E-state index contributed by atoms with van der Waals surface area (Å²) in [6.07, 6.45) is 0. The van der Waals surface area contributed by atoms with E-state index in [2.05, 4.69) is 5.32 Å². The number of non-ortho nitro benzene ring substituents is 1. The van der Waals surface area contributed by atoms with Crippen LogP contribution >= 0.6 is 22.6 Å². The third-order valence-electron chi connectivity index (χ3n) is 2.76. The molecule has 5 nitrogen and oxygen atoms in total. The molecule has 18 heavy (non-hydrogen) atoms. The van der Waals surface area contributed by atoms with Gasteiger partial charge in [-0.25, -0.2) is 0 Å². The van der Waals surface area contributed by atoms with Crippen LogP contribution in [0, 0.1) is 19.6 Å². The Balaban J connectivity index is 2.98. The van der Waals surface area contributed by atoms with E-state index in [9.17, 15) is 14.9 Å². The van der Waals surface area contributed by atoms with Crippen molar-refractivity contribution in [3.63, 3.8) is 0 Å². The second-order valence-corrected chi connectivity index (χ2v) is 5.59. The van der Waals surface area contributed by atoms with Gasteiger partial charge in [-0.1, -0.05) is 13.8 Å². The van der Waals surface area contributed by atoms with Gasteiger partial charge in [-0.15, -0.1) is 0 Å². The van der Waals surface area contributed by atoms with Crippen molar-refractivity contribution in [2.24, 2.45) is 5.92 Å². The van der Waals surface area contributed by atoms with Crippen LogP contribution in [-0.2, 0) is 0 Å². The predicted octanol–water partition coefficient (Wildman–Crippen LogP) is 2.97. The number of nitrogens with one attached hydrogen (secondary N) is 1. The summed E-state index contributed by atoms with van der Waals surface area (Å²) in [6.45, 7) is 5.92. The second kappa shape index (κ2) is 6.12. The van der Waals surface area contributed by atoms with Gasteiger partial charge in [0.1, 0.15) is 0 Å². The first kappa shape index (κ1) is 14.9. The summed E-state index contributed by atoms with van der Waals surface area (Å²) in [4.78, 5) is 22.2. The van der Waals surface area contributed by atoms with Crippen LogP contribution in [0.2, 0.25) is 0 Å². The number of hydrogen-bond acceptors (Lipinski definition) is 3. The second-order valence-electron chi connectivity index (χ2n) is 4.43. The molecule has 0 spiro atoms. The van der Waals surface area contributed by atoms with Crippen LogP contribution in [0.5, 0.6) is 0 Å². The van der Waals surface area contributed by atoms with Gasteiger partial charge < -0.3 is 5.32 Å². The van der Waals surface area contributed by atoms with Crippen molar-refractivity contribution in [1.82, 2.24) is 5.32 Å². The molecule has 1 atom stereocenters. The normalized spacial score (nSPS) is 12.3. The van der Waals surface area contributed by atoms with Crippen LogP contribution in [0.3, 0.4) is 0 Å². The molecule has 1 amide bonds. The first-order valence-corrected chi connectivity index (χ1v) is 6.65. The predicted molar refractivity (Wildman–Crippen MR) is 77.6 cm³/mol. The van der Waals surface area contributed by atoms with Crippen molar-refractivity contribution in [2.45, 2.75) is 26.8 Å². The number of amides is 1. The fourth-order valence-corrected chi connectivity index (χ4v) is 1.83. The van der Waals surface area contributed by atoms with Gasteiger partial charge in [-0.2, -0.15) is 0 Å². The standard InChI is InChI=1S/C12H15IN2O3/c1-7(2)8(3)14-12(16)10-6-9(15(17)18)4-5-11(10)13/h4-8H,1-3H3,(H,14,16). The Kier molecular flexibility index (Phi) is 5.06. The Hall–Kier alpha value is -1.18. The van der Waals surface area contributed by atoms with Crippen LogP contribution in [0.15, 0.2) is 18.2 Å². The Labute approximate surface area is 119 Å². The van der Waals surface area contributed by atoms with Crippen LogP contribution in [0.1, 0.15) is 31.1 Å². The van der Waals surface area contributed by atoms with Gasteiger partial charge in [0.2, 0.25) is 0 Å². The van der Waals surface area contributed by atoms with Crippen molar-refractivity contribution in [2.75, 3.05) is 0 Å². The lowest BCUT2D eigenvalue weighted by Gasteiger charge is -2.17.